The zero-order valence-electron chi connectivity index (χ0n) is 16.6. The monoisotopic (exact) mass is 397 g/mol. The van der Waals surface area contributed by atoms with Crippen LogP contribution in [0.5, 0.6) is 0 Å². The molecule has 2 aliphatic rings. The molecule has 0 unspecified atom stereocenters. The minimum absolute atomic E-state index is 0.0607. The topological polar surface area (TPSA) is 62.4 Å². The Kier molecular flexibility index (Phi) is 4.27. The first-order valence-electron chi connectivity index (χ1n) is 9.89. The molecule has 0 spiro atoms. The largest absolute Gasteiger partial charge is 0.369 e. The second-order valence-corrected chi connectivity index (χ2v) is 7.87. The number of hydrogen-bond donors (Lipinski definition) is 0. The zero-order valence-corrected chi connectivity index (χ0v) is 16.6. The summed E-state index contributed by atoms with van der Waals surface area (Å²) in [7, 11) is 3.57. The number of aromatic nitrogens is 4. The second kappa shape index (κ2) is 6.84. The summed E-state index contributed by atoms with van der Waals surface area (Å²) in [4.78, 5) is 24.1. The van der Waals surface area contributed by atoms with Gasteiger partial charge in [0.25, 0.3) is 5.56 Å². The van der Waals surface area contributed by atoms with E-state index in [1.807, 2.05) is 12.1 Å². The van der Waals surface area contributed by atoms with Gasteiger partial charge in [-0.2, -0.15) is 10.1 Å². The maximum absolute atomic E-state index is 13.1. The summed E-state index contributed by atoms with van der Waals surface area (Å²) in [6.45, 7) is 5.52. The first-order valence-corrected chi connectivity index (χ1v) is 9.89. The van der Waals surface area contributed by atoms with E-state index in [4.69, 9.17) is 0 Å². The molecule has 0 bridgehead atoms. The van der Waals surface area contributed by atoms with Gasteiger partial charge in [-0.3, -0.25) is 18.9 Å². The zero-order chi connectivity index (χ0) is 20.1. The predicted octanol–water partition coefficient (Wildman–Crippen LogP) is 0.817. The van der Waals surface area contributed by atoms with Gasteiger partial charge in [-0.15, -0.1) is 0 Å². The third kappa shape index (κ3) is 3.15. The Bertz CT molecular complexity index is 1090. The molecule has 2 fully saturated rings. The van der Waals surface area contributed by atoms with Gasteiger partial charge < -0.3 is 9.80 Å². The number of fused-ring (bicyclic) bond motifs is 1. The number of hydrogen-bond acceptors (Lipinski definition) is 6. The number of rotatable bonds is 3. The number of halogens is 1. The third-order valence-electron chi connectivity index (χ3n) is 6.02. The van der Waals surface area contributed by atoms with Crippen LogP contribution in [0.15, 0.2) is 35.3 Å². The number of aryl methyl sites for hydroxylation is 1. The van der Waals surface area contributed by atoms with E-state index in [2.05, 4.69) is 24.8 Å². The van der Waals surface area contributed by atoms with Gasteiger partial charge in [-0.25, -0.2) is 4.39 Å². The summed E-state index contributed by atoms with van der Waals surface area (Å²) < 4.78 is 16.4. The van der Waals surface area contributed by atoms with Gasteiger partial charge in [0, 0.05) is 71.3 Å². The molecular formula is C20H24FN7O. The number of benzene rings is 1. The second-order valence-electron chi connectivity index (χ2n) is 7.87. The molecule has 1 aromatic carbocycles. The highest BCUT2D eigenvalue weighted by molar-refractivity contribution is 5.74. The molecule has 0 atom stereocenters. The molecule has 0 N–H and O–H groups in total. The number of piperazine rings is 1. The van der Waals surface area contributed by atoms with Crippen LogP contribution < -0.4 is 15.4 Å². The summed E-state index contributed by atoms with van der Waals surface area (Å²) >= 11 is 0. The van der Waals surface area contributed by atoms with Gasteiger partial charge in [0.05, 0.1) is 0 Å². The van der Waals surface area contributed by atoms with Crippen molar-refractivity contribution in [2.75, 3.05) is 49.1 Å². The third-order valence-corrected chi connectivity index (χ3v) is 6.02. The van der Waals surface area contributed by atoms with E-state index in [1.165, 1.54) is 12.1 Å². The number of nitrogens with zero attached hydrogens (tertiary/aromatic N) is 7. The SMILES string of the molecule is Cn1cc2c(=O)n(C)c(N3CC(N4CCN(c5ccc(F)cc5)CC4)C3)nc2n1. The van der Waals surface area contributed by atoms with E-state index < -0.39 is 0 Å². The fourth-order valence-electron chi connectivity index (χ4n) is 4.28. The lowest BCUT2D eigenvalue weighted by molar-refractivity contribution is 0.155. The summed E-state index contributed by atoms with van der Waals surface area (Å²) in [6, 6.07) is 7.18. The van der Waals surface area contributed by atoms with Crippen molar-refractivity contribution in [2.24, 2.45) is 14.1 Å². The van der Waals surface area contributed by atoms with Crippen LogP contribution in [0, 0.1) is 5.82 Å². The molecule has 3 aromatic rings. The van der Waals surface area contributed by atoms with Crippen LogP contribution in [0.1, 0.15) is 0 Å². The molecule has 0 radical (unpaired) electrons. The standard InChI is InChI=1S/C20H24FN7O/c1-24-13-17-18(23-24)22-20(25(2)19(17)29)28-11-16(12-28)27-9-7-26(8-10-27)15-5-3-14(21)4-6-15/h3-6,13,16H,7-12H2,1-2H3. The lowest BCUT2D eigenvalue weighted by atomic mass is 10.1. The quantitative estimate of drug-likeness (QED) is 0.652. The molecule has 0 amide bonds. The van der Waals surface area contributed by atoms with Crippen molar-refractivity contribution >= 4 is 22.7 Å². The van der Waals surface area contributed by atoms with Crippen molar-refractivity contribution in [3.8, 4) is 0 Å². The van der Waals surface area contributed by atoms with E-state index in [1.54, 1.807) is 29.5 Å². The molecule has 5 rings (SSSR count). The lowest BCUT2D eigenvalue weighted by Crippen LogP contribution is -2.64. The van der Waals surface area contributed by atoms with Crippen molar-refractivity contribution in [1.29, 1.82) is 0 Å². The van der Waals surface area contributed by atoms with Crippen molar-refractivity contribution in [1.82, 2.24) is 24.2 Å². The van der Waals surface area contributed by atoms with Gasteiger partial charge in [-0.05, 0) is 24.3 Å². The molecule has 2 aliphatic heterocycles. The fraction of sp³-hybridized carbons (Fsp3) is 0.450. The Morgan fingerprint density at radius 1 is 1.00 bits per heavy atom. The molecular weight excluding hydrogens is 373 g/mol. The van der Waals surface area contributed by atoms with Crippen LogP contribution in [0.2, 0.25) is 0 Å². The summed E-state index contributed by atoms with van der Waals surface area (Å²) in [5.74, 6) is 0.483. The van der Waals surface area contributed by atoms with Gasteiger partial charge in [-0.1, -0.05) is 0 Å². The van der Waals surface area contributed by atoms with Crippen LogP contribution in [0.3, 0.4) is 0 Å². The van der Waals surface area contributed by atoms with Crippen molar-refractivity contribution in [3.63, 3.8) is 0 Å². The molecule has 2 saturated heterocycles. The van der Waals surface area contributed by atoms with Crippen LogP contribution in [0.4, 0.5) is 16.0 Å². The summed E-state index contributed by atoms with van der Waals surface area (Å²) in [6.07, 6.45) is 1.72. The predicted molar refractivity (Wildman–Crippen MR) is 110 cm³/mol. The van der Waals surface area contributed by atoms with Crippen molar-refractivity contribution < 1.29 is 4.39 Å². The molecule has 29 heavy (non-hydrogen) atoms. The van der Waals surface area contributed by atoms with Crippen molar-refractivity contribution in [3.05, 3.63) is 46.6 Å². The molecule has 2 aromatic heterocycles. The Morgan fingerprint density at radius 2 is 1.69 bits per heavy atom. The average Bonchev–Trinajstić information content (AvgIpc) is 3.06. The van der Waals surface area contributed by atoms with Crippen LogP contribution >= 0.6 is 0 Å². The maximum Gasteiger partial charge on any atom is 0.265 e. The summed E-state index contributed by atoms with van der Waals surface area (Å²) in [5, 5.41) is 4.84. The van der Waals surface area contributed by atoms with Crippen LogP contribution in [-0.4, -0.2) is 69.5 Å². The van der Waals surface area contributed by atoms with Gasteiger partial charge in [0.1, 0.15) is 11.2 Å². The molecule has 9 heteroatoms. The molecule has 4 heterocycles. The smallest absolute Gasteiger partial charge is 0.265 e. The van der Waals surface area contributed by atoms with Crippen LogP contribution in [-0.2, 0) is 14.1 Å². The Hall–Kier alpha value is -2.94. The van der Waals surface area contributed by atoms with E-state index in [0.717, 1.165) is 45.0 Å². The van der Waals surface area contributed by atoms with E-state index in [9.17, 15) is 9.18 Å². The van der Waals surface area contributed by atoms with Gasteiger partial charge in [0.15, 0.2) is 5.65 Å². The van der Waals surface area contributed by atoms with E-state index >= 15 is 0 Å². The van der Waals surface area contributed by atoms with Gasteiger partial charge in [0.2, 0.25) is 5.95 Å². The van der Waals surface area contributed by atoms with Crippen molar-refractivity contribution in [2.45, 2.75) is 6.04 Å². The molecule has 0 aliphatic carbocycles. The Labute approximate surface area is 167 Å². The Morgan fingerprint density at radius 3 is 2.38 bits per heavy atom. The Balaban J connectivity index is 1.23. The fourth-order valence-corrected chi connectivity index (χ4v) is 4.28. The minimum Gasteiger partial charge on any atom is -0.369 e. The first kappa shape index (κ1) is 18.1. The average molecular weight is 397 g/mol. The number of anilines is 2. The van der Waals surface area contributed by atoms with E-state index in [-0.39, 0.29) is 11.4 Å². The normalized spacial score (nSPS) is 18.4. The minimum atomic E-state index is -0.200. The lowest BCUT2D eigenvalue weighted by Gasteiger charge is -2.48. The highest BCUT2D eigenvalue weighted by atomic mass is 19.1. The molecule has 0 saturated carbocycles. The highest BCUT2D eigenvalue weighted by Crippen LogP contribution is 2.24. The highest BCUT2D eigenvalue weighted by Gasteiger charge is 2.35. The first-order chi connectivity index (χ1) is 14.0. The molecule has 152 valence electrons. The van der Waals surface area contributed by atoms with E-state index in [0.29, 0.717) is 23.0 Å². The van der Waals surface area contributed by atoms with Crippen LogP contribution in [0.25, 0.3) is 11.0 Å². The molecule has 8 nitrogen and oxygen atoms in total. The van der Waals surface area contributed by atoms with Gasteiger partial charge >= 0.3 is 0 Å². The maximum atomic E-state index is 13.1. The summed E-state index contributed by atoms with van der Waals surface area (Å²) in [5.41, 5.74) is 1.51.